The Morgan fingerprint density at radius 2 is 2.06 bits per heavy atom. The molecule has 2 rings (SSSR count). The van der Waals surface area contributed by atoms with Crippen LogP contribution >= 0.6 is 31.9 Å². The highest BCUT2D eigenvalue weighted by Gasteiger charge is 2.13. The first-order valence-electron chi connectivity index (χ1n) is 4.60. The first-order valence-corrected chi connectivity index (χ1v) is 6.18. The second kappa shape index (κ2) is 4.62. The molecule has 0 aliphatic heterocycles. The highest BCUT2D eigenvalue weighted by atomic mass is 79.9. The van der Waals surface area contributed by atoms with Gasteiger partial charge in [0.1, 0.15) is 5.75 Å². The first kappa shape index (κ1) is 12.3. The van der Waals surface area contributed by atoms with Gasteiger partial charge in [0.2, 0.25) is 0 Å². The molecule has 88 valence electrons. The van der Waals surface area contributed by atoms with Crippen LogP contribution in [0.15, 0.2) is 27.1 Å². The molecular formula is C11H7Br2NO3. The summed E-state index contributed by atoms with van der Waals surface area (Å²) in [7, 11) is 1.50. The number of fused-ring (bicyclic) bond motifs is 1. The van der Waals surface area contributed by atoms with Crippen molar-refractivity contribution >= 4 is 48.7 Å². The van der Waals surface area contributed by atoms with Crippen LogP contribution in [0, 0.1) is 0 Å². The predicted molar refractivity (Wildman–Crippen MR) is 70.7 cm³/mol. The third kappa shape index (κ3) is 2.28. The van der Waals surface area contributed by atoms with Gasteiger partial charge in [-0.1, -0.05) is 15.9 Å². The summed E-state index contributed by atoms with van der Waals surface area (Å²) in [6, 6.07) is 5.04. The van der Waals surface area contributed by atoms with E-state index in [1.165, 1.54) is 13.2 Å². The Bertz CT molecular complexity index is 613. The maximum atomic E-state index is 10.9. The molecule has 1 N–H and O–H groups in total. The topological polar surface area (TPSA) is 59.4 Å². The Balaban J connectivity index is 2.87. The lowest BCUT2D eigenvalue weighted by Crippen LogP contribution is -2.02. The number of halogens is 2. The van der Waals surface area contributed by atoms with Crippen LogP contribution in [0.2, 0.25) is 0 Å². The van der Waals surface area contributed by atoms with Crippen molar-refractivity contribution in [2.75, 3.05) is 7.11 Å². The fourth-order valence-electron chi connectivity index (χ4n) is 1.50. The van der Waals surface area contributed by atoms with E-state index in [0.717, 1.165) is 9.86 Å². The number of ether oxygens (including phenoxy) is 1. The summed E-state index contributed by atoms with van der Waals surface area (Å²) in [6.45, 7) is 0. The normalized spacial score (nSPS) is 10.5. The van der Waals surface area contributed by atoms with Crippen molar-refractivity contribution in [2.45, 2.75) is 0 Å². The molecule has 0 fully saturated rings. The zero-order valence-corrected chi connectivity index (χ0v) is 11.9. The Morgan fingerprint density at radius 3 is 2.65 bits per heavy atom. The van der Waals surface area contributed by atoms with Gasteiger partial charge in [0.15, 0.2) is 5.69 Å². The van der Waals surface area contributed by atoms with Gasteiger partial charge in [-0.2, -0.15) is 0 Å². The van der Waals surface area contributed by atoms with Gasteiger partial charge in [-0.15, -0.1) is 0 Å². The number of benzene rings is 1. The van der Waals surface area contributed by atoms with Gasteiger partial charge >= 0.3 is 5.97 Å². The molecule has 0 saturated carbocycles. The molecule has 2 aromatic rings. The van der Waals surface area contributed by atoms with Gasteiger partial charge in [0.05, 0.1) is 12.6 Å². The van der Waals surface area contributed by atoms with Crippen LogP contribution in [-0.2, 0) is 0 Å². The van der Waals surface area contributed by atoms with Crippen LogP contribution in [-0.4, -0.2) is 23.2 Å². The highest BCUT2D eigenvalue weighted by molar-refractivity contribution is 9.11. The van der Waals surface area contributed by atoms with Gasteiger partial charge in [-0.3, -0.25) is 0 Å². The number of nitrogens with zero attached hydrogens (tertiary/aromatic N) is 1. The van der Waals surface area contributed by atoms with Crippen molar-refractivity contribution in [3.05, 3.63) is 32.8 Å². The molecule has 0 aliphatic carbocycles. The van der Waals surface area contributed by atoms with Crippen molar-refractivity contribution in [3.63, 3.8) is 0 Å². The number of carbonyl (C=O) groups is 1. The Morgan fingerprint density at radius 1 is 1.35 bits per heavy atom. The van der Waals surface area contributed by atoms with Gasteiger partial charge in [0, 0.05) is 20.4 Å². The van der Waals surface area contributed by atoms with Crippen LogP contribution < -0.4 is 4.74 Å². The maximum Gasteiger partial charge on any atom is 0.354 e. The minimum atomic E-state index is -1.08. The molecule has 0 atom stereocenters. The van der Waals surface area contributed by atoms with Crippen LogP contribution in [0.5, 0.6) is 5.75 Å². The van der Waals surface area contributed by atoms with Crippen molar-refractivity contribution in [1.82, 2.24) is 4.98 Å². The SMILES string of the molecule is COc1cc(C(=O)O)nc2c(Br)cc(Br)cc12. The minimum Gasteiger partial charge on any atom is -0.496 e. The third-order valence-electron chi connectivity index (χ3n) is 2.23. The number of aromatic carboxylic acids is 1. The lowest BCUT2D eigenvalue weighted by molar-refractivity contribution is 0.0690. The van der Waals surface area contributed by atoms with Gasteiger partial charge in [-0.25, -0.2) is 9.78 Å². The number of methoxy groups -OCH3 is 1. The first-order chi connectivity index (χ1) is 8.02. The molecule has 1 aromatic carbocycles. The number of rotatable bonds is 2. The second-order valence-electron chi connectivity index (χ2n) is 3.30. The fourth-order valence-corrected chi connectivity index (χ4v) is 2.81. The molecule has 0 radical (unpaired) electrons. The van der Waals surface area contributed by atoms with E-state index in [4.69, 9.17) is 9.84 Å². The number of aromatic nitrogens is 1. The zero-order chi connectivity index (χ0) is 12.6. The predicted octanol–water partition coefficient (Wildman–Crippen LogP) is 3.47. The maximum absolute atomic E-state index is 10.9. The number of pyridine rings is 1. The number of hydrogen-bond donors (Lipinski definition) is 1. The van der Waals surface area contributed by atoms with Gasteiger partial charge in [0.25, 0.3) is 0 Å². The molecule has 17 heavy (non-hydrogen) atoms. The van der Waals surface area contributed by atoms with Crippen LogP contribution in [0.25, 0.3) is 10.9 Å². The molecule has 6 heteroatoms. The highest BCUT2D eigenvalue weighted by Crippen LogP contribution is 2.33. The quantitative estimate of drug-likeness (QED) is 0.890. The summed E-state index contributed by atoms with van der Waals surface area (Å²) in [5, 5.41) is 9.72. The van der Waals surface area contributed by atoms with Gasteiger partial charge in [-0.05, 0) is 28.1 Å². The van der Waals surface area contributed by atoms with Crippen LogP contribution in [0.3, 0.4) is 0 Å². The summed E-state index contributed by atoms with van der Waals surface area (Å²) in [4.78, 5) is 15.0. The number of carboxylic acids is 1. The third-order valence-corrected chi connectivity index (χ3v) is 3.30. The largest absolute Gasteiger partial charge is 0.496 e. The van der Waals surface area contributed by atoms with Crippen molar-refractivity contribution < 1.29 is 14.6 Å². The fraction of sp³-hybridized carbons (Fsp3) is 0.0909. The minimum absolute atomic E-state index is 0.0441. The van der Waals surface area contributed by atoms with E-state index in [9.17, 15) is 4.79 Å². The molecule has 0 unspecified atom stereocenters. The summed E-state index contributed by atoms with van der Waals surface area (Å²) in [6.07, 6.45) is 0. The lowest BCUT2D eigenvalue weighted by Gasteiger charge is -2.08. The summed E-state index contributed by atoms with van der Waals surface area (Å²) in [5.41, 5.74) is 0.516. The van der Waals surface area contributed by atoms with E-state index >= 15 is 0 Å². The summed E-state index contributed by atoms with van der Waals surface area (Å²) in [5.74, 6) is -0.602. The summed E-state index contributed by atoms with van der Waals surface area (Å²) >= 11 is 6.72. The molecule has 0 spiro atoms. The molecule has 1 aromatic heterocycles. The average molecular weight is 361 g/mol. The standard InChI is InChI=1S/C11H7Br2NO3/c1-17-9-4-8(11(15)16)14-10-6(9)2-5(12)3-7(10)13/h2-4H,1H3,(H,15,16). The smallest absolute Gasteiger partial charge is 0.354 e. The van der Waals surface area contributed by atoms with E-state index in [2.05, 4.69) is 36.8 Å². The van der Waals surface area contributed by atoms with Crippen molar-refractivity contribution in [2.24, 2.45) is 0 Å². The van der Waals surface area contributed by atoms with Crippen molar-refractivity contribution in [3.8, 4) is 5.75 Å². The van der Waals surface area contributed by atoms with E-state index in [1.807, 2.05) is 6.07 Å². The molecule has 0 amide bonds. The Hall–Kier alpha value is -1.14. The van der Waals surface area contributed by atoms with Crippen LogP contribution in [0.1, 0.15) is 10.5 Å². The van der Waals surface area contributed by atoms with Crippen molar-refractivity contribution in [1.29, 1.82) is 0 Å². The monoisotopic (exact) mass is 359 g/mol. The molecule has 0 aliphatic rings. The summed E-state index contributed by atoms with van der Waals surface area (Å²) < 4.78 is 6.76. The lowest BCUT2D eigenvalue weighted by atomic mass is 10.2. The Kier molecular flexibility index (Phi) is 3.35. The molecule has 0 saturated heterocycles. The van der Waals surface area contributed by atoms with E-state index in [1.54, 1.807) is 6.07 Å². The number of carboxylic acid groups (broad SMARTS) is 1. The average Bonchev–Trinajstić information content (AvgIpc) is 2.27. The Labute approximate surface area is 114 Å². The number of hydrogen-bond acceptors (Lipinski definition) is 3. The molecule has 4 nitrogen and oxygen atoms in total. The second-order valence-corrected chi connectivity index (χ2v) is 5.07. The molecule has 1 heterocycles. The molecular weight excluding hydrogens is 354 g/mol. The van der Waals surface area contributed by atoms with E-state index in [0.29, 0.717) is 15.7 Å². The molecule has 0 bridgehead atoms. The van der Waals surface area contributed by atoms with E-state index < -0.39 is 5.97 Å². The van der Waals surface area contributed by atoms with Gasteiger partial charge < -0.3 is 9.84 Å². The van der Waals surface area contributed by atoms with E-state index in [-0.39, 0.29) is 5.69 Å². The van der Waals surface area contributed by atoms with Crippen LogP contribution in [0.4, 0.5) is 0 Å². The zero-order valence-electron chi connectivity index (χ0n) is 8.70.